The third-order valence-corrected chi connectivity index (χ3v) is 2.24. The molecule has 0 atom stereocenters. The monoisotopic (exact) mass is 238 g/mol. The highest BCUT2D eigenvalue weighted by atomic mass is 16.5. The Balaban J connectivity index is 2.42. The van der Waals surface area contributed by atoms with Crippen molar-refractivity contribution in [3.63, 3.8) is 0 Å². The molecule has 1 amide bonds. The number of rotatable bonds is 6. The second kappa shape index (κ2) is 6.98. The van der Waals surface area contributed by atoms with Crippen molar-refractivity contribution in [1.82, 2.24) is 10.3 Å². The zero-order valence-electron chi connectivity index (χ0n) is 10.2. The van der Waals surface area contributed by atoms with Gasteiger partial charge in [0.2, 0.25) is 0 Å². The molecular formula is C12H18N2O3. The van der Waals surface area contributed by atoms with Crippen LogP contribution in [0.3, 0.4) is 0 Å². The Morgan fingerprint density at radius 1 is 1.41 bits per heavy atom. The van der Waals surface area contributed by atoms with Gasteiger partial charge in [-0.05, 0) is 26.0 Å². The van der Waals surface area contributed by atoms with Crippen LogP contribution in [-0.2, 0) is 4.74 Å². The first-order valence-electron chi connectivity index (χ1n) is 5.56. The molecule has 0 aromatic carbocycles. The maximum absolute atomic E-state index is 11.8. The van der Waals surface area contributed by atoms with Crippen LogP contribution in [0.4, 0.5) is 0 Å². The summed E-state index contributed by atoms with van der Waals surface area (Å²) < 4.78 is 5.04. The van der Waals surface area contributed by atoms with E-state index in [4.69, 9.17) is 9.84 Å². The van der Waals surface area contributed by atoms with Crippen molar-refractivity contribution < 1.29 is 14.6 Å². The fraction of sp³-hybridized carbons (Fsp3) is 0.500. The molecular weight excluding hydrogens is 220 g/mol. The highest BCUT2D eigenvalue weighted by Crippen LogP contribution is 2.05. The van der Waals surface area contributed by atoms with E-state index in [2.05, 4.69) is 10.3 Å². The maximum atomic E-state index is 11.8. The summed E-state index contributed by atoms with van der Waals surface area (Å²) in [7, 11) is 0. The molecule has 2 N–H and O–H groups in total. The number of aromatic nitrogens is 1. The van der Waals surface area contributed by atoms with E-state index >= 15 is 0 Å². The summed E-state index contributed by atoms with van der Waals surface area (Å²) in [6.45, 7) is 4.80. The summed E-state index contributed by atoms with van der Waals surface area (Å²) >= 11 is 0. The predicted octanol–water partition coefficient (Wildman–Crippen LogP) is 0.437. The Morgan fingerprint density at radius 2 is 2.18 bits per heavy atom. The van der Waals surface area contributed by atoms with Crippen LogP contribution < -0.4 is 5.32 Å². The molecule has 5 nitrogen and oxygen atoms in total. The molecule has 94 valence electrons. The number of aliphatic hydroxyl groups is 1. The van der Waals surface area contributed by atoms with E-state index in [1.54, 1.807) is 6.07 Å². The van der Waals surface area contributed by atoms with Gasteiger partial charge in [0.25, 0.3) is 5.91 Å². The van der Waals surface area contributed by atoms with Gasteiger partial charge in [0.1, 0.15) is 0 Å². The van der Waals surface area contributed by atoms with E-state index in [1.807, 2.05) is 19.9 Å². The topological polar surface area (TPSA) is 71.5 Å². The predicted molar refractivity (Wildman–Crippen MR) is 63.9 cm³/mol. The minimum absolute atomic E-state index is 0.00502. The molecule has 0 unspecified atom stereocenters. The molecule has 1 aromatic heterocycles. The van der Waals surface area contributed by atoms with Crippen LogP contribution >= 0.6 is 0 Å². The van der Waals surface area contributed by atoms with Crippen molar-refractivity contribution in [2.24, 2.45) is 0 Å². The van der Waals surface area contributed by atoms with Gasteiger partial charge in [-0.2, -0.15) is 0 Å². The van der Waals surface area contributed by atoms with E-state index in [9.17, 15) is 4.79 Å². The lowest BCUT2D eigenvalue weighted by atomic mass is 10.2. The van der Waals surface area contributed by atoms with Gasteiger partial charge >= 0.3 is 0 Å². The first-order chi connectivity index (χ1) is 8.15. The Bertz CT molecular complexity index is 380. The Morgan fingerprint density at radius 3 is 2.82 bits per heavy atom. The number of pyridine rings is 1. The summed E-state index contributed by atoms with van der Waals surface area (Å²) in [5.74, 6) is -0.150. The first-order valence-corrected chi connectivity index (χ1v) is 5.56. The average Bonchev–Trinajstić information content (AvgIpc) is 2.28. The lowest BCUT2D eigenvalue weighted by molar-refractivity contribution is 0.0837. The molecule has 0 fully saturated rings. The average molecular weight is 238 g/mol. The van der Waals surface area contributed by atoms with Crippen LogP contribution in [0.25, 0.3) is 0 Å². The molecule has 0 aliphatic heterocycles. The molecule has 5 heteroatoms. The van der Waals surface area contributed by atoms with Gasteiger partial charge in [-0.3, -0.25) is 9.78 Å². The number of nitrogens with zero attached hydrogens (tertiary/aromatic N) is 1. The standard InChI is InChI=1S/C12H18N2O3/c1-9-3-4-11(10(2)14-9)12(16)13-5-7-17-8-6-15/h3-4,15H,5-8H2,1-2H3,(H,13,16). The molecule has 0 bridgehead atoms. The largest absolute Gasteiger partial charge is 0.394 e. The molecule has 1 aromatic rings. The van der Waals surface area contributed by atoms with Gasteiger partial charge in [0.05, 0.1) is 31.1 Å². The highest BCUT2D eigenvalue weighted by molar-refractivity contribution is 5.95. The molecule has 0 aliphatic rings. The zero-order chi connectivity index (χ0) is 12.7. The minimum Gasteiger partial charge on any atom is -0.394 e. The van der Waals surface area contributed by atoms with Crippen molar-refractivity contribution >= 4 is 5.91 Å². The van der Waals surface area contributed by atoms with E-state index in [1.165, 1.54) is 0 Å². The Hall–Kier alpha value is -1.46. The summed E-state index contributed by atoms with van der Waals surface area (Å²) in [5, 5.41) is 11.2. The zero-order valence-corrected chi connectivity index (χ0v) is 10.2. The number of amides is 1. The summed E-state index contributed by atoms with van der Waals surface area (Å²) in [4.78, 5) is 16.0. The van der Waals surface area contributed by atoms with Crippen molar-refractivity contribution in [1.29, 1.82) is 0 Å². The lowest BCUT2D eigenvalue weighted by Gasteiger charge is -2.07. The van der Waals surface area contributed by atoms with Crippen LogP contribution in [0.1, 0.15) is 21.7 Å². The molecule has 0 aliphatic carbocycles. The van der Waals surface area contributed by atoms with Crippen LogP contribution in [0.2, 0.25) is 0 Å². The van der Waals surface area contributed by atoms with E-state index < -0.39 is 0 Å². The summed E-state index contributed by atoms with van der Waals surface area (Å²) in [6, 6.07) is 3.58. The van der Waals surface area contributed by atoms with E-state index in [-0.39, 0.29) is 12.5 Å². The fourth-order valence-electron chi connectivity index (χ4n) is 1.43. The molecule has 0 saturated heterocycles. The third kappa shape index (κ3) is 4.50. The Kier molecular flexibility index (Phi) is 5.59. The Labute approximate surface area is 101 Å². The number of hydrogen-bond donors (Lipinski definition) is 2. The summed E-state index contributed by atoms with van der Waals surface area (Å²) in [5.41, 5.74) is 2.20. The van der Waals surface area contributed by atoms with Gasteiger partial charge < -0.3 is 15.2 Å². The van der Waals surface area contributed by atoms with Crippen molar-refractivity contribution in [2.45, 2.75) is 13.8 Å². The number of nitrogens with one attached hydrogen (secondary N) is 1. The molecule has 17 heavy (non-hydrogen) atoms. The lowest BCUT2D eigenvalue weighted by Crippen LogP contribution is -2.28. The van der Waals surface area contributed by atoms with E-state index in [0.29, 0.717) is 25.3 Å². The second-order valence-corrected chi connectivity index (χ2v) is 3.68. The maximum Gasteiger partial charge on any atom is 0.253 e. The molecule has 1 rings (SSSR count). The molecule has 0 radical (unpaired) electrons. The third-order valence-electron chi connectivity index (χ3n) is 2.24. The quantitative estimate of drug-likeness (QED) is 0.705. The van der Waals surface area contributed by atoms with Crippen molar-refractivity contribution in [3.8, 4) is 0 Å². The van der Waals surface area contributed by atoms with Crippen molar-refractivity contribution in [2.75, 3.05) is 26.4 Å². The van der Waals surface area contributed by atoms with Gasteiger partial charge in [-0.25, -0.2) is 0 Å². The molecule has 0 saturated carbocycles. The summed E-state index contributed by atoms with van der Waals surface area (Å²) in [6.07, 6.45) is 0. The number of aliphatic hydroxyl groups excluding tert-OH is 1. The molecule has 0 spiro atoms. The van der Waals surface area contributed by atoms with E-state index in [0.717, 1.165) is 11.4 Å². The first kappa shape index (κ1) is 13.6. The van der Waals surface area contributed by atoms with Gasteiger partial charge in [-0.15, -0.1) is 0 Å². The van der Waals surface area contributed by atoms with Crippen LogP contribution in [0, 0.1) is 13.8 Å². The van der Waals surface area contributed by atoms with Crippen LogP contribution in [0.15, 0.2) is 12.1 Å². The number of carbonyl (C=O) groups excluding carboxylic acids is 1. The number of carbonyl (C=O) groups is 1. The highest BCUT2D eigenvalue weighted by Gasteiger charge is 2.08. The van der Waals surface area contributed by atoms with Crippen molar-refractivity contribution in [3.05, 3.63) is 29.1 Å². The minimum atomic E-state index is -0.150. The second-order valence-electron chi connectivity index (χ2n) is 3.68. The van der Waals surface area contributed by atoms with Gasteiger partial charge in [-0.1, -0.05) is 0 Å². The SMILES string of the molecule is Cc1ccc(C(=O)NCCOCCO)c(C)n1. The van der Waals surface area contributed by atoms with Gasteiger partial charge in [0.15, 0.2) is 0 Å². The van der Waals surface area contributed by atoms with Crippen LogP contribution in [-0.4, -0.2) is 42.4 Å². The molecule has 1 heterocycles. The van der Waals surface area contributed by atoms with Crippen LogP contribution in [0.5, 0.6) is 0 Å². The fourth-order valence-corrected chi connectivity index (χ4v) is 1.43. The normalized spacial score (nSPS) is 10.3. The smallest absolute Gasteiger partial charge is 0.253 e. The van der Waals surface area contributed by atoms with Gasteiger partial charge in [0, 0.05) is 12.2 Å². The number of hydrogen-bond acceptors (Lipinski definition) is 4. The number of ether oxygens (including phenoxy) is 1. The number of aryl methyl sites for hydroxylation is 2.